The summed E-state index contributed by atoms with van der Waals surface area (Å²) < 4.78 is 0. The van der Waals surface area contributed by atoms with Crippen molar-refractivity contribution in [1.29, 1.82) is 0 Å². The normalized spacial score (nSPS) is 27.8. The summed E-state index contributed by atoms with van der Waals surface area (Å²) in [4.78, 5) is 4.43. The molecular formula is C11H16N2. The highest BCUT2D eigenvalue weighted by Gasteiger charge is 2.22. The van der Waals surface area contributed by atoms with Crippen LogP contribution in [0.15, 0.2) is 18.3 Å². The summed E-state index contributed by atoms with van der Waals surface area (Å²) in [7, 11) is 0. The van der Waals surface area contributed by atoms with Crippen molar-refractivity contribution in [3.05, 3.63) is 29.6 Å². The maximum atomic E-state index is 4.43. The fraction of sp³-hybridized carbons (Fsp3) is 0.545. The van der Waals surface area contributed by atoms with E-state index in [-0.39, 0.29) is 0 Å². The number of aromatic nitrogens is 1. The molecule has 2 heteroatoms. The molecule has 0 aliphatic carbocycles. The van der Waals surface area contributed by atoms with Gasteiger partial charge < -0.3 is 5.32 Å². The Morgan fingerprint density at radius 1 is 1.46 bits per heavy atom. The topological polar surface area (TPSA) is 24.9 Å². The third-order valence-electron chi connectivity index (χ3n) is 2.64. The Bertz CT molecular complexity index is 279. The number of pyridine rings is 1. The SMILES string of the molecule is Cc1ccc([C@@H]2C[C@@H](C)CN2)nc1. The lowest BCUT2D eigenvalue weighted by molar-refractivity contribution is 0.599. The monoisotopic (exact) mass is 176 g/mol. The van der Waals surface area contributed by atoms with Gasteiger partial charge in [0.05, 0.1) is 5.69 Å². The highest BCUT2D eigenvalue weighted by Crippen LogP contribution is 2.24. The standard InChI is InChI=1S/C11H16N2/c1-8-3-4-10(12-6-8)11-5-9(2)7-13-11/h3-4,6,9,11,13H,5,7H2,1-2H3/t9-,11+/m1/s1. The van der Waals surface area contributed by atoms with Crippen LogP contribution in [-0.4, -0.2) is 11.5 Å². The summed E-state index contributed by atoms with van der Waals surface area (Å²) in [6.45, 7) is 5.48. The van der Waals surface area contributed by atoms with Gasteiger partial charge in [0.2, 0.25) is 0 Å². The van der Waals surface area contributed by atoms with Gasteiger partial charge in [0.1, 0.15) is 0 Å². The molecule has 0 saturated carbocycles. The van der Waals surface area contributed by atoms with E-state index in [1.807, 2.05) is 6.20 Å². The second-order valence-electron chi connectivity index (χ2n) is 4.06. The first-order chi connectivity index (χ1) is 6.25. The summed E-state index contributed by atoms with van der Waals surface area (Å²) in [6, 6.07) is 4.74. The first-order valence-electron chi connectivity index (χ1n) is 4.91. The van der Waals surface area contributed by atoms with Crippen molar-refractivity contribution in [2.24, 2.45) is 5.92 Å². The number of aryl methyl sites for hydroxylation is 1. The molecule has 2 rings (SSSR count). The van der Waals surface area contributed by atoms with Gasteiger partial charge in [-0.3, -0.25) is 4.98 Å². The minimum absolute atomic E-state index is 0.482. The average molecular weight is 176 g/mol. The lowest BCUT2D eigenvalue weighted by Gasteiger charge is -2.08. The third kappa shape index (κ3) is 1.89. The van der Waals surface area contributed by atoms with E-state index in [1.54, 1.807) is 0 Å². The largest absolute Gasteiger partial charge is 0.308 e. The van der Waals surface area contributed by atoms with Crippen LogP contribution in [0.25, 0.3) is 0 Å². The van der Waals surface area contributed by atoms with Gasteiger partial charge in [0, 0.05) is 12.2 Å². The third-order valence-corrected chi connectivity index (χ3v) is 2.64. The van der Waals surface area contributed by atoms with Gasteiger partial charge in [-0.25, -0.2) is 0 Å². The molecule has 1 aliphatic heterocycles. The van der Waals surface area contributed by atoms with E-state index in [2.05, 4.69) is 36.3 Å². The van der Waals surface area contributed by atoms with Crippen molar-refractivity contribution in [2.45, 2.75) is 26.3 Å². The van der Waals surface area contributed by atoms with Gasteiger partial charge in [0.25, 0.3) is 0 Å². The van der Waals surface area contributed by atoms with Crippen LogP contribution in [0.3, 0.4) is 0 Å². The van der Waals surface area contributed by atoms with Crippen molar-refractivity contribution >= 4 is 0 Å². The van der Waals surface area contributed by atoms with Crippen molar-refractivity contribution in [2.75, 3.05) is 6.54 Å². The molecule has 0 amide bonds. The van der Waals surface area contributed by atoms with Gasteiger partial charge in [-0.1, -0.05) is 13.0 Å². The predicted molar refractivity (Wildman–Crippen MR) is 53.5 cm³/mol. The number of hydrogen-bond acceptors (Lipinski definition) is 2. The zero-order valence-electron chi connectivity index (χ0n) is 8.25. The van der Waals surface area contributed by atoms with Gasteiger partial charge in [-0.05, 0) is 37.4 Å². The highest BCUT2D eigenvalue weighted by molar-refractivity contribution is 5.16. The molecule has 70 valence electrons. The van der Waals surface area contributed by atoms with Crippen LogP contribution in [0.5, 0.6) is 0 Å². The Hall–Kier alpha value is -0.890. The smallest absolute Gasteiger partial charge is 0.0573 e. The minimum Gasteiger partial charge on any atom is -0.308 e. The molecule has 0 aromatic carbocycles. The van der Waals surface area contributed by atoms with Gasteiger partial charge >= 0.3 is 0 Å². The average Bonchev–Trinajstić information content (AvgIpc) is 2.53. The number of rotatable bonds is 1. The molecule has 2 nitrogen and oxygen atoms in total. The molecule has 1 aliphatic rings. The van der Waals surface area contributed by atoms with Crippen LogP contribution in [0.2, 0.25) is 0 Å². The Kier molecular flexibility index (Phi) is 2.32. The zero-order chi connectivity index (χ0) is 9.26. The molecule has 0 spiro atoms. The molecule has 1 aromatic rings. The van der Waals surface area contributed by atoms with Gasteiger partial charge in [-0.15, -0.1) is 0 Å². The summed E-state index contributed by atoms with van der Waals surface area (Å²) in [5.41, 5.74) is 2.42. The fourth-order valence-electron chi connectivity index (χ4n) is 1.82. The fourth-order valence-corrected chi connectivity index (χ4v) is 1.82. The molecule has 1 fully saturated rings. The van der Waals surface area contributed by atoms with Crippen LogP contribution >= 0.6 is 0 Å². The second kappa shape index (κ2) is 3.46. The van der Waals surface area contributed by atoms with Gasteiger partial charge in [-0.2, -0.15) is 0 Å². The molecule has 1 N–H and O–H groups in total. The molecule has 2 heterocycles. The van der Waals surface area contributed by atoms with E-state index in [1.165, 1.54) is 17.7 Å². The van der Waals surface area contributed by atoms with Crippen LogP contribution in [0.1, 0.15) is 30.6 Å². The lowest BCUT2D eigenvalue weighted by atomic mass is 10.1. The predicted octanol–water partition coefficient (Wildman–Crippen LogP) is 2.06. The zero-order valence-corrected chi connectivity index (χ0v) is 8.25. The van der Waals surface area contributed by atoms with Crippen LogP contribution in [0.4, 0.5) is 0 Å². The minimum atomic E-state index is 0.482. The van der Waals surface area contributed by atoms with Crippen molar-refractivity contribution in [3.8, 4) is 0 Å². The quantitative estimate of drug-likeness (QED) is 0.708. The molecule has 0 bridgehead atoms. The Balaban J connectivity index is 2.13. The van der Waals surface area contributed by atoms with Crippen molar-refractivity contribution in [1.82, 2.24) is 10.3 Å². The highest BCUT2D eigenvalue weighted by atomic mass is 15.0. The van der Waals surface area contributed by atoms with Crippen LogP contribution < -0.4 is 5.32 Å². The second-order valence-corrected chi connectivity index (χ2v) is 4.06. The molecular weight excluding hydrogens is 160 g/mol. The van der Waals surface area contributed by atoms with E-state index in [4.69, 9.17) is 0 Å². The van der Waals surface area contributed by atoms with Crippen molar-refractivity contribution in [3.63, 3.8) is 0 Å². The summed E-state index contributed by atoms with van der Waals surface area (Å²) in [6.07, 6.45) is 3.16. The maximum Gasteiger partial charge on any atom is 0.0573 e. The number of nitrogens with one attached hydrogen (secondary N) is 1. The first-order valence-corrected chi connectivity index (χ1v) is 4.91. The molecule has 2 atom stereocenters. The maximum absolute atomic E-state index is 4.43. The van der Waals surface area contributed by atoms with Crippen molar-refractivity contribution < 1.29 is 0 Å². The summed E-state index contributed by atoms with van der Waals surface area (Å²) in [5.74, 6) is 0.785. The Morgan fingerprint density at radius 3 is 2.85 bits per heavy atom. The Morgan fingerprint density at radius 2 is 2.31 bits per heavy atom. The number of nitrogens with zero attached hydrogens (tertiary/aromatic N) is 1. The molecule has 1 aromatic heterocycles. The molecule has 13 heavy (non-hydrogen) atoms. The van der Waals surface area contributed by atoms with Crippen LogP contribution in [0, 0.1) is 12.8 Å². The molecule has 0 unspecified atom stereocenters. The van der Waals surface area contributed by atoms with Crippen LogP contribution in [-0.2, 0) is 0 Å². The Labute approximate surface area is 79.4 Å². The van der Waals surface area contributed by atoms with E-state index in [9.17, 15) is 0 Å². The molecule has 1 saturated heterocycles. The van der Waals surface area contributed by atoms with E-state index >= 15 is 0 Å². The van der Waals surface area contributed by atoms with Gasteiger partial charge in [0.15, 0.2) is 0 Å². The van der Waals surface area contributed by atoms with E-state index in [0.29, 0.717) is 6.04 Å². The lowest BCUT2D eigenvalue weighted by Crippen LogP contribution is -2.14. The first kappa shape index (κ1) is 8.70. The number of hydrogen-bond donors (Lipinski definition) is 1. The summed E-state index contributed by atoms with van der Waals surface area (Å²) >= 11 is 0. The van der Waals surface area contributed by atoms with E-state index < -0.39 is 0 Å². The summed E-state index contributed by atoms with van der Waals surface area (Å²) in [5, 5.41) is 3.48. The van der Waals surface area contributed by atoms with E-state index in [0.717, 1.165) is 12.5 Å². The molecule has 0 radical (unpaired) electrons.